The third-order valence-electron chi connectivity index (χ3n) is 7.44. The van der Waals surface area contributed by atoms with Crippen molar-refractivity contribution in [2.24, 2.45) is 0 Å². The molecule has 1 heterocycles. The first-order valence-corrected chi connectivity index (χ1v) is 16.8. The highest BCUT2D eigenvalue weighted by atomic mass is 32.2. The van der Waals surface area contributed by atoms with Gasteiger partial charge in [-0.25, -0.2) is 8.78 Å². The Morgan fingerprint density at radius 1 is 0.864 bits per heavy atom. The predicted molar refractivity (Wildman–Crippen MR) is 176 cm³/mol. The van der Waals surface area contributed by atoms with Crippen molar-refractivity contribution in [1.82, 2.24) is 19.4 Å². The Labute approximate surface area is 266 Å². The van der Waals surface area contributed by atoms with Gasteiger partial charge in [-0.2, -0.15) is 4.98 Å². The average molecular weight is 637 g/mol. The number of likely N-dealkylation sites (N-methyl/N-ethyl adjacent to an activating group) is 1. The van der Waals surface area contributed by atoms with Crippen molar-refractivity contribution >= 4 is 29.4 Å². The molecule has 0 aliphatic carbocycles. The van der Waals surface area contributed by atoms with E-state index in [-0.39, 0.29) is 23.8 Å². The number of alkyl halides is 1. The fraction of sp³-hybridized carbons (Fsp3) is 0.324. The number of carbonyl (C=O) groups is 1. The smallest absolute Gasteiger partial charge is 0.287 e. The van der Waals surface area contributed by atoms with Crippen LogP contribution in [-0.4, -0.2) is 57.7 Å². The lowest BCUT2D eigenvalue weighted by molar-refractivity contribution is -0.132. The van der Waals surface area contributed by atoms with Gasteiger partial charge in [-0.3, -0.25) is 9.59 Å². The van der Waals surface area contributed by atoms with Gasteiger partial charge in [0.2, 0.25) is 5.91 Å². The van der Waals surface area contributed by atoms with Gasteiger partial charge in [0.25, 0.3) is 5.56 Å². The highest BCUT2D eigenvalue weighted by Crippen LogP contribution is 2.24. The minimum absolute atomic E-state index is 0.0316. The van der Waals surface area contributed by atoms with Crippen LogP contribution in [0.25, 0.3) is 11.1 Å². The van der Waals surface area contributed by atoms with Crippen molar-refractivity contribution in [2.45, 2.75) is 49.4 Å². The highest BCUT2D eigenvalue weighted by Gasteiger charge is 2.19. The Morgan fingerprint density at radius 3 is 2.02 bits per heavy atom. The SMILES string of the molecule is CCN(CC)CCN(Cc1ccc(-c2ccc(CF)cc2)cc1)C(=O)Cn1cc(SC)c(=O)nc1SCc1ccc(F)cc1. The lowest BCUT2D eigenvalue weighted by atomic mass is 10.0. The first-order chi connectivity index (χ1) is 21.3. The number of amides is 1. The molecule has 0 saturated carbocycles. The molecule has 4 aromatic rings. The maximum absolute atomic E-state index is 13.9. The number of hydrogen-bond acceptors (Lipinski definition) is 6. The van der Waals surface area contributed by atoms with E-state index >= 15 is 0 Å². The molecule has 0 saturated heterocycles. The van der Waals surface area contributed by atoms with Crippen LogP contribution in [0.3, 0.4) is 0 Å². The summed E-state index contributed by atoms with van der Waals surface area (Å²) in [4.78, 5) is 35.4. The van der Waals surface area contributed by atoms with E-state index < -0.39 is 6.67 Å². The molecule has 4 rings (SSSR count). The summed E-state index contributed by atoms with van der Waals surface area (Å²) in [5.41, 5.74) is 4.22. The van der Waals surface area contributed by atoms with Crippen LogP contribution in [-0.2, 0) is 30.3 Å². The van der Waals surface area contributed by atoms with Crippen LogP contribution in [0.15, 0.2) is 93.8 Å². The molecule has 1 amide bonds. The molecule has 0 aliphatic heterocycles. The summed E-state index contributed by atoms with van der Waals surface area (Å²) in [6, 6.07) is 21.7. The van der Waals surface area contributed by atoms with Crippen molar-refractivity contribution in [3.05, 3.63) is 112 Å². The molecule has 0 fully saturated rings. The molecular formula is C34H38F2N4O2S2. The fourth-order valence-electron chi connectivity index (χ4n) is 4.70. The van der Waals surface area contributed by atoms with E-state index in [1.807, 2.05) is 47.6 Å². The first-order valence-electron chi connectivity index (χ1n) is 14.6. The van der Waals surface area contributed by atoms with E-state index in [4.69, 9.17) is 0 Å². The molecule has 1 aromatic heterocycles. The molecule has 0 radical (unpaired) electrons. The number of benzene rings is 3. The zero-order valence-corrected chi connectivity index (χ0v) is 27.0. The van der Waals surface area contributed by atoms with Crippen LogP contribution in [0, 0.1) is 5.82 Å². The van der Waals surface area contributed by atoms with Gasteiger partial charge in [0.1, 0.15) is 19.0 Å². The minimum Gasteiger partial charge on any atom is -0.336 e. The van der Waals surface area contributed by atoms with Gasteiger partial charge in [0, 0.05) is 31.6 Å². The van der Waals surface area contributed by atoms with Gasteiger partial charge in [0.15, 0.2) is 5.16 Å². The Kier molecular flexibility index (Phi) is 12.6. The van der Waals surface area contributed by atoms with E-state index in [0.717, 1.165) is 41.9 Å². The van der Waals surface area contributed by atoms with Crippen molar-refractivity contribution < 1.29 is 13.6 Å². The molecule has 0 unspecified atom stereocenters. The Morgan fingerprint density at radius 2 is 1.45 bits per heavy atom. The quantitative estimate of drug-likeness (QED) is 0.105. The number of carbonyl (C=O) groups excluding carboxylic acids is 1. The number of nitrogens with zero attached hydrogens (tertiary/aromatic N) is 4. The van der Waals surface area contributed by atoms with Gasteiger partial charge in [-0.05, 0) is 59.3 Å². The summed E-state index contributed by atoms with van der Waals surface area (Å²) in [6.45, 7) is 7.25. The third-order valence-corrected chi connectivity index (χ3v) is 9.22. The van der Waals surface area contributed by atoms with Gasteiger partial charge in [-0.15, -0.1) is 11.8 Å². The monoisotopic (exact) mass is 636 g/mol. The summed E-state index contributed by atoms with van der Waals surface area (Å²) >= 11 is 2.64. The third kappa shape index (κ3) is 9.27. The summed E-state index contributed by atoms with van der Waals surface area (Å²) in [7, 11) is 0. The molecule has 3 aromatic carbocycles. The Balaban J connectivity index is 1.55. The minimum atomic E-state index is -0.487. The lowest BCUT2D eigenvalue weighted by Crippen LogP contribution is -2.40. The molecule has 0 bridgehead atoms. The number of rotatable bonds is 15. The van der Waals surface area contributed by atoms with Gasteiger partial charge in [0.05, 0.1) is 4.90 Å². The molecule has 232 valence electrons. The summed E-state index contributed by atoms with van der Waals surface area (Å²) in [5, 5.41) is 0.442. The van der Waals surface area contributed by atoms with Crippen LogP contribution >= 0.6 is 23.5 Å². The van der Waals surface area contributed by atoms with Crippen LogP contribution < -0.4 is 5.56 Å². The zero-order chi connectivity index (χ0) is 31.5. The summed E-state index contributed by atoms with van der Waals surface area (Å²) < 4.78 is 28.1. The molecule has 10 heteroatoms. The van der Waals surface area contributed by atoms with Crippen LogP contribution in [0.2, 0.25) is 0 Å². The molecule has 0 spiro atoms. The Bertz CT molecular complexity index is 1560. The number of hydrogen-bond donors (Lipinski definition) is 0. The van der Waals surface area contributed by atoms with Crippen LogP contribution in [0.4, 0.5) is 8.78 Å². The van der Waals surface area contributed by atoms with E-state index in [2.05, 4.69) is 23.7 Å². The van der Waals surface area contributed by atoms with Crippen molar-refractivity contribution in [3.8, 4) is 11.1 Å². The molecule has 0 N–H and O–H groups in total. The van der Waals surface area contributed by atoms with E-state index in [1.165, 1.54) is 35.7 Å². The zero-order valence-electron chi connectivity index (χ0n) is 25.3. The number of thioether (sulfide) groups is 2. The molecule has 44 heavy (non-hydrogen) atoms. The van der Waals surface area contributed by atoms with Gasteiger partial charge < -0.3 is 14.4 Å². The highest BCUT2D eigenvalue weighted by molar-refractivity contribution is 7.98. The second-order valence-corrected chi connectivity index (χ2v) is 12.1. The fourth-order valence-corrected chi connectivity index (χ4v) is 6.08. The van der Waals surface area contributed by atoms with Crippen LogP contribution in [0.1, 0.15) is 30.5 Å². The molecule has 0 atom stereocenters. The van der Waals surface area contributed by atoms with E-state index in [1.54, 1.807) is 35.0 Å². The van der Waals surface area contributed by atoms with E-state index in [0.29, 0.717) is 34.5 Å². The largest absolute Gasteiger partial charge is 0.336 e. The topological polar surface area (TPSA) is 58.4 Å². The maximum Gasteiger partial charge on any atom is 0.287 e. The van der Waals surface area contributed by atoms with Crippen molar-refractivity contribution in [3.63, 3.8) is 0 Å². The van der Waals surface area contributed by atoms with Crippen molar-refractivity contribution in [2.75, 3.05) is 32.4 Å². The Hall–Kier alpha value is -3.47. The van der Waals surface area contributed by atoms with Gasteiger partial charge >= 0.3 is 0 Å². The van der Waals surface area contributed by atoms with Crippen LogP contribution in [0.5, 0.6) is 0 Å². The average Bonchev–Trinajstić information content (AvgIpc) is 3.05. The first kappa shape index (κ1) is 33.4. The van der Waals surface area contributed by atoms with Crippen molar-refractivity contribution in [1.29, 1.82) is 0 Å². The van der Waals surface area contributed by atoms with E-state index in [9.17, 15) is 18.4 Å². The lowest BCUT2D eigenvalue weighted by Gasteiger charge is -2.27. The molecule has 6 nitrogen and oxygen atoms in total. The van der Waals surface area contributed by atoms with Gasteiger partial charge in [-0.1, -0.05) is 86.3 Å². The normalized spacial score (nSPS) is 11.2. The number of aromatic nitrogens is 2. The standard InChI is InChI=1S/C34H38F2N4O2S2/c1-4-38(5-2)18-19-39(21-26-8-14-29(15-9-26)28-12-6-25(20-35)7-13-28)32(41)23-40-22-31(43-3)33(42)37-34(40)44-24-27-10-16-30(36)17-11-27/h6-17,22H,4-5,18-21,23-24H2,1-3H3. The maximum atomic E-state index is 13.9. The predicted octanol–water partition coefficient (Wildman–Crippen LogP) is 6.90. The molecular weight excluding hydrogens is 599 g/mol. The summed E-state index contributed by atoms with van der Waals surface area (Å²) in [5.74, 6) is 0.0909. The second kappa shape index (κ2) is 16.6. The molecule has 0 aliphatic rings. The second-order valence-electron chi connectivity index (χ2n) is 10.3. The number of halogens is 2. The summed E-state index contributed by atoms with van der Waals surface area (Å²) in [6.07, 6.45) is 3.52.